The van der Waals surface area contributed by atoms with Crippen LogP contribution in [0.5, 0.6) is 11.5 Å². The van der Waals surface area contributed by atoms with Crippen LogP contribution in [0.3, 0.4) is 0 Å². The zero-order chi connectivity index (χ0) is 23.2. The highest BCUT2D eigenvalue weighted by Crippen LogP contribution is 2.22. The van der Waals surface area contributed by atoms with E-state index in [9.17, 15) is 0 Å². The number of rotatable bonds is 10. The quantitative estimate of drug-likeness (QED) is 0.243. The van der Waals surface area contributed by atoms with E-state index in [0.29, 0.717) is 19.1 Å². The molecule has 0 radical (unpaired) electrons. The summed E-state index contributed by atoms with van der Waals surface area (Å²) in [6.45, 7) is 10.7. The van der Waals surface area contributed by atoms with E-state index in [4.69, 9.17) is 14.5 Å². The Bertz CT molecular complexity index is 1170. The first-order chi connectivity index (χ1) is 16.0. The molecule has 0 unspecified atom stereocenters. The van der Waals surface area contributed by atoms with Gasteiger partial charge in [-0.05, 0) is 85.7 Å². The Hall–Kier alpha value is -3.27. The van der Waals surface area contributed by atoms with E-state index < -0.39 is 0 Å². The zero-order valence-corrected chi connectivity index (χ0v) is 20.2. The van der Waals surface area contributed by atoms with E-state index in [2.05, 4.69) is 80.8 Å². The Labute approximate surface area is 197 Å². The fourth-order valence-electron chi connectivity index (χ4n) is 4.16. The van der Waals surface area contributed by atoms with Crippen LogP contribution in [0.25, 0.3) is 11.0 Å². The highest BCUT2D eigenvalue weighted by Gasteiger charge is 2.11. The van der Waals surface area contributed by atoms with Crippen LogP contribution in [0.2, 0.25) is 0 Å². The molecule has 0 N–H and O–H groups in total. The lowest BCUT2D eigenvalue weighted by Gasteiger charge is -2.12. The van der Waals surface area contributed by atoms with Crippen molar-refractivity contribution in [2.24, 2.45) is 0 Å². The normalized spacial score (nSPS) is 11.3. The standard InChI is InChI=1S/C29H34N2O2/c1-21(2)24-11-13-25(14-12-24)33-20-29-30-27-9-5-6-10-28(27)31(29)15-7-8-16-32-26-18-22(3)17-23(4)19-26/h5-6,9-14,17-19,21H,7-8,15-16,20H2,1-4H3. The third-order valence-corrected chi connectivity index (χ3v) is 5.89. The fraction of sp³-hybridized carbons (Fsp3) is 0.345. The molecule has 4 nitrogen and oxygen atoms in total. The summed E-state index contributed by atoms with van der Waals surface area (Å²) in [4.78, 5) is 4.85. The molecular weight excluding hydrogens is 408 g/mol. The summed E-state index contributed by atoms with van der Waals surface area (Å²) in [6.07, 6.45) is 2.00. The predicted molar refractivity (Wildman–Crippen MR) is 135 cm³/mol. The van der Waals surface area contributed by atoms with Gasteiger partial charge in [0.1, 0.15) is 23.9 Å². The number of para-hydroxylation sites is 2. The molecule has 0 bridgehead atoms. The highest BCUT2D eigenvalue weighted by atomic mass is 16.5. The van der Waals surface area contributed by atoms with Crippen molar-refractivity contribution in [1.82, 2.24) is 9.55 Å². The molecule has 1 aromatic heterocycles. The van der Waals surface area contributed by atoms with E-state index in [1.165, 1.54) is 16.7 Å². The maximum Gasteiger partial charge on any atom is 0.147 e. The van der Waals surface area contributed by atoms with Crippen molar-refractivity contribution in [2.45, 2.75) is 59.6 Å². The Morgan fingerprint density at radius 3 is 2.27 bits per heavy atom. The van der Waals surface area contributed by atoms with Gasteiger partial charge in [-0.1, -0.05) is 44.2 Å². The number of fused-ring (bicyclic) bond motifs is 1. The first-order valence-electron chi connectivity index (χ1n) is 11.9. The molecule has 0 saturated heterocycles. The van der Waals surface area contributed by atoms with Crippen LogP contribution in [0.4, 0.5) is 0 Å². The molecular formula is C29H34N2O2. The number of hydrogen-bond donors (Lipinski definition) is 0. The Balaban J connectivity index is 1.37. The molecule has 1 heterocycles. The SMILES string of the molecule is Cc1cc(C)cc(OCCCCn2c(COc3ccc(C(C)C)cc3)nc3ccccc32)c1. The van der Waals surface area contributed by atoms with E-state index in [1.807, 2.05) is 18.2 Å². The maximum atomic E-state index is 6.10. The zero-order valence-electron chi connectivity index (χ0n) is 20.2. The van der Waals surface area contributed by atoms with Gasteiger partial charge in [0.15, 0.2) is 0 Å². The molecule has 0 amide bonds. The summed E-state index contributed by atoms with van der Waals surface area (Å²) in [5.41, 5.74) is 5.95. The van der Waals surface area contributed by atoms with Crippen LogP contribution in [0, 0.1) is 13.8 Å². The van der Waals surface area contributed by atoms with Gasteiger partial charge in [-0.3, -0.25) is 0 Å². The molecule has 0 aliphatic rings. The van der Waals surface area contributed by atoms with Crippen molar-refractivity contribution >= 4 is 11.0 Å². The Morgan fingerprint density at radius 1 is 0.818 bits per heavy atom. The molecule has 4 rings (SSSR count). The Morgan fingerprint density at radius 2 is 1.55 bits per heavy atom. The second-order valence-corrected chi connectivity index (χ2v) is 9.06. The van der Waals surface area contributed by atoms with Gasteiger partial charge in [0, 0.05) is 6.54 Å². The third-order valence-electron chi connectivity index (χ3n) is 5.89. The second-order valence-electron chi connectivity index (χ2n) is 9.06. The smallest absolute Gasteiger partial charge is 0.147 e. The number of nitrogens with zero attached hydrogens (tertiary/aromatic N) is 2. The van der Waals surface area contributed by atoms with Gasteiger partial charge in [0.2, 0.25) is 0 Å². The van der Waals surface area contributed by atoms with E-state index in [1.54, 1.807) is 0 Å². The largest absolute Gasteiger partial charge is 0.494 e. The first kappa shape index (κ1) is 22.9. The monoisotopic (exact) mass is 442 g/mol. The number of aryl methyl sites for hydroxylation is 3. The predicted octanol–water partition coefficient (Wildman–Crippen LogP) is 7.21. The van der Waals surface area contributed by atoms with E-state index in [-0.39, 0.29) is 0 Å². The minimum atomic E-state index is 0.453. The van der Waals surface area contributed by atoms with E-state index >= 15 is 0 Å². The minimum absolute atomic E-state index is 0.453. The summed E-state index contributed by atoms with van der Waals surface area (Å²) in [6, 6.07) is 23.0. The van der Waals surface area contributed by atoms with Crippen LogP contribution in [-0.4, -0.2) is 16.2 Å². The van der Waals surface area contributed by atoms with Crippen molar-refractivity contribution in [3.05, 3.63) is 89.2 Å². The number of aromatic nitrogens is 2. The average molecular weight is 443 g/mol. The number of unbranched alkanes of at least 4 members (excludes halogenated alkanes) is 1. The minimum Gasteiger partial charge on any atom is -0.494 e. The van der Waals surface area contributed by atoms with Crippen LogP contribution in [0.15, 0.2) is 66.7 Å². The van der Waals surface area contributed by atoms with Crippen LogP contribution < -0.4 is 9.47 Å². The molecule has 4 aromatic rings. The lowest BCUT2D eigenvalue weighted by molar-refractivity contribution is 0.285. The van der Waals surface area contributed by atoms with Gasteiger partial charge >= 0.3 is 0 Å². The summed E-state index contributed by atoms with van der Waals surface area (Å²) in [7, 11) is 0. The summed E-state index contributed by atoms with van der Waals surface area (Å²) in [5.74, 6) is 3.31. The number of benzene rings is 3. The van der Waals surface area contributed by atoms with Crippen LogP contribution in [-0.2, 0) is 13.2 Å². The summed E-state index contributed by atoms with van der Waals surface area (Å²) in [5, 5.41) is 0. The highest BCUT2D eigenvalue weighted by molar-refractivity contribution is 5.75. The molecule has 0 spiro atoms. The second kappa shape index (κ2) is 10.6. The topological polar surface area (TPSA) is 36.3 Å². The molecule has 0 fully saturated rings. The van der Waals surface area contributed by atoms with Crippen molar-refractivity contribution < 1.29 is 9.47 Å². The summed E-state index contributed by atoms with van der Waals surface area (Å²) >= 11 is 0. The molecule has 0 aliphatic heterocycles. The average Bonchev–Trinajstić information content (AvgIpc) is 3.14. The van der Waals surface area contributed by atoms with Gasteiger partial charge in [-0.25, -0.2) is 4.98 Å². The molecule has 0 atom stereocenters. The third kappa shape index (κ3) is 5.95. The molecule has 0 aliphatic carbocycles. The molecule has 0 saturated carbocycles. The molecule has 3 aromatic carbocycles. The van der Waals surface area contributed by atoms with Crippen molar-refractivity contribution in [3.63, 3.8) is 0 Å². The van der Waals surface area contributed by atoms with Crippen molar-refractivity contribution in [1.29, 1.82) is 0 Å². The van der Waals surface area contributed by atoms with Crippen LogP contribution in [0.1, 0.15) is 55.1 Å². The number of hydrogen-bond acceptors (Lipinski definition) is 3. The van der Waals surface area contributed by atoms with Gasteiger partial charge in [-0.15, -0.1) is 0 Å². The summed E-state index contributed by atoms with van der Waals surface area (Å²) < 4.78 is 14.4. The lowest BCUT2D eigenvalue weighted by atomic mass is 10.0. The van der Waals surface area contributed by atoms with Crippen molar-refractivity contribution in [2.75, 3.05) is 6.61 Å². The van der Waals surface area contributed by atoms with Gasteiger partial charge < -0.3 is 14.0 Å². The first-order valence-corrected chi connectivity index (χ1v) is 11.9. The van der Waals surface area contributed by atoms with Gasteiger partial charge in [-0.2, -0.15) is 0 Å². The number of imidazole rings is 1. The lowest BCUT2D eigenvalue weighted by Crippen LogP contribution is -2.09. The number of ether oxygens (including phenoxy) is 2. The van der Waals surface area contributed by atoms with Crippen LogP contribution >= 0.6 is 0 Å². The molecule has 4 heteroatoms. The van der Waals surface area contributed by atoms with Gasteiger partial charge in [0.05, 0.1) is 17.6 Å². The van der Waals surface area contributed by atoms with Gasteiger partial charge in [0.25, 0.3) is 0 Å². The molecule has 172 valence electrons. The van der Waals surface area contributed by atoms with E-state index in [0.717, 1.165) is 47.7 Å². The maximum absolute atomic E-state index is 6.10. The fourth-order valence-corrected chi connectivity index (χ4v) is 4.16. The van der Waals surface area contributed by atoms with Crippen molar-refractivity contribution in [3.8, 4) is 11.5 Å². The molecule has 33 heavy (non-hydrogen) atoms. The Kier molecular flexibility index (Phi) is 7.33.